The van der Waals surface area contributed by atoms with Gasteiger partial charge in [-0.1, -0.05) is 0 Å². The smallest absolute Gasteiger partial charge is 0 e. The van der Waals surface area contributed by atoms with Gasteiger partial charge in [0.25, 0.3) is 0 Å². The number of rotatable bonds is 0. The van der Waals surface area contributed by atoms with E-state index in [4.69, 9.17) is 0 Å². The van der Waals surface area contributed by atoms with Gasteiger partial charge in [-0.15, -0.1) is 0 Å². The molecule has 0 saturated carbocycles. The van der Waals surface area contributed by atoms with E-state index >= 15 is 0 Å². The molecule has 1 radical (unpaired) electrons. The van der Waals surface area contributed by atoms with Gasteiger partial charge in [0.2, 0.25) is 0 Å². The van der Waals surface area contributed by atoms with Crippen LogP contribution in [0.4, 0.5) is 0 Å². The van der Waals surface area contributed by atoms with Gasteiger partial charge >= 0.3 is 0 Å². The van der Waals surface area contributed by atoms with Gasteiger partial charge in [-0.3, -0.25) is 0 Å². The van der Waals surface area contributed by atoms with Crippen molar-refractivity contribution < 1.29 is 65.8 Å². The Kier molecular flexibility index (Phi) is 130. The van der Waals surface area contributed by atoms with Crippen molar-refractivity contribution in [1.29, 1.82) is 0 Å². The zero-order chi connectivity index (χ0) is 0. The molecule has 0 aromatic rings. The molecule has 0 nitrogen and oxygen atoms in total. The Bertz CT molecular complexity index is 8.00. The van der Waals surface area contributed by atoms with Gasteiger partial charge in [-0.2, -0.15) is 0 Å². The summed E-state index contributed by atoms with van der Waals surface area (Å²) in [5.74, 6) is 0. The topological polar surface area (TPSA) is 0 Å². The summed E-state index contributed by atoms with van der Waals surface area (Å²) in [6.07, 6.45) is 0. The van der Waals surface area contributed by atoms with E-state index in [1.807, 2.05) is 0 Å². The van der Waals surface area contributed by atoms with Crippen molar-refractivity contribution in [2.45, 2.75) is 0 Å². The molecule has 0 aromatic heterocycles. The quantitative estimate of drug-likeness (QED) is 0.485. The number of hydrogen-bond donors (Lipinski definition) is 0. The Morgan fingerprint density at radius 1 is 1.00 bits per heavy atom. The standard InChI is InChI=1S/Al.Mo.V.Zr.3H. The molecule has 0 aliphatic rings. The molecule has 4 heteroatoms. The molecule has 0 rings (SSSR count). The molecule has 0 unspecified atom stereocenters. The van der Waals surface area contributed by atoms with Gasteiger partial charge in [0, 0.05) is 65.8 Å². The normalized spacial score (nSPS) is 0. The Labute approximate surface area is 81.9 Å². The van der Waals surface area contributed by atoms with Crippen LogP contribution in [0, 0.1) is 0 Å². The first-order valence-electron chi connectivity index (χ1n) is 0. The molecule has 0 aliphatic carbocycles. The van der Waals surface area contributed by atoms with Crippen molar-refractivity contribution >= 4 is 17.4 Å². The summed E-state index contributed by atoms with van der Waals surface area (Å²) < 4.78 is 0. The summed E-state index contributed by atoms with van der Waals surface area (Å²) in [6.45, 7) is 0. The zero-order valence-electron chi connectivity index (χ0n) is 1.36. The summed E-state index contributed by atoms with van der Waals surface area (Å²) >= 11 is 0. The van der Waals surface area contributed by atoms with Gasteiger partial charge in [0.1, 0.15) is 0 Å². The van der Waals surface area contributed by atoms with Gasteiger partial charge in [-0.25, -0.2) is 0 Å². The Morgan fingerprint density at radius 2 is 1.00 bits per heavy atom. The molecular weight excluding hydrogens is 265 g/mol. The van der Waals surface area contributed by atoms with Crippen molar-refractivity contribution in [2.75, 3.05) is 0 Å². The fourth-order valence-electron chi connectivity index (χ4n) is 0. The van der Waals surface area contributed by atoms with Crippen molar-refractivity contribution in [1.82, 2.24) is 0 Å². The van der Waals surface area contributed by atoms with Crippen LogP contribution in [0.5, 0.6) is 0 Å². The van der Waals surface area contributed by atoms with Crippen LogP contribution in [0.15, 0.2) is 0 Å². The van der Waals surface area contributed by atoms with Crippen LogP contribution in [0.25, 0.3) is 0 Å². The van der Waals surface area contributed by atoms with Crippen LogP contribution in [0.3, 0.4) is 0 Å². The van der Waals surface area contributed by atoms with Crippen molar-refractivity contribution in [2.24, 2.45) is 0 Å². The molecule has 0 fully saturated rings. The molecule has 0 aromatic carbocycles. The Hall–Kier alpha value is 2.69. The monoisotopic (exact) mass is 269 g/mol. The summed E-state index contributed by atoms with van der Waals surface area (Å²) in [7, 11) is 0. The maximum absolute atomic E-state index is 0. The first kappa shape index (κ1) is 29.9. The van der Waals surface area contributed by atoms with Crippen molar-refractivity contribution in [3.8, 4) is 0 Å². The molecule has 4 heavy (non-hydrogen) atoms. The molecule has 0 spiro atoms. The van der Waals surface area contributed by atoms with Crippen LogP contribution >= 0.6 is 0 Å². The van der Waals surface area contributed by atoms with E-state index in [2.05, 4.69) is 0 Å². The van der Waals surface area contributed by atoms with Crippen LogP contribution in [-0.2, 0) is 65.8 Å². The average Bonchev–Trinajstić information content (AvgIpc) is 0. The number of hydrogen-bond acceptors (Lipinski definition) is 0. The second-order valence-corrected chi connectivity index (χ2v) is 0. The predicted molar refractivity (Wildman–Crippen MR) is 9.94 cm³/mol. The second kappa shape index (κ2) is 17.3. The first-order valence-corrected chi connectivity index (χ1v) is 0. The molecule has 0 atom stereocenters. The van der Waals surface area contributed by atoms with E-state index < -0.39 is 0 Å². The average molecular weight is 268 g/mol. The summed E-state index contributed by atoms with van der Waals surface area (Å²) in [5, 5.41) is 0. The van der Waals surface area contributed by atoms with Gasteiger partial charge in [0.15, 0.2) is 17.4 Å². The summed E-state index contributed by atoms with van der Waals surface area (Å²) in [6, 6.07) is 0. The van der Waals surface area contributed by atoms with E-state index in [0.29, 0.717) is 0 Å². The minimum Gasteiger partial charge on any atom is 0 e. The van der Waals surface area contributed by atoms with Gasteiger partial charge in [0.05, 0.1) is 0 Å². The fraction of sp³-hybridized carbons (Fsp3) is 0. The molecule has 21 valence electrons. The molecule has 0 aliphatic heterocycles. The zero-order valence-corrected chi connectivity index (χ0v) is 7.22. The molecule has 0 heterocycles. The fourth-order valence-corrected chi connectivity index (χ4v) is 0. The largest absolute Gasteiger partial charge is 0.187 e. The SMILES string of the molecule is [AlH3].[Mo].[V].[Zr]. The summed E-state index contributed by atoms with van der Waals surface area (Å²) in [5.41, 5.74) is 0. The minimum atomic E-state index is 0. The predicted octanol–water partition coefficient (Wildman–Crippen LogP) is -1.19. The van der Waals surface area contributed by atoms with Crippen LogP contribution in [0.1, 0.15) is 0 Å². The first-order chi connectivity index (χ1) is 0. The molecule has 0 amide bonds. The van der Waals surface area contributed by atoms with Crippen LogP contribution < -0.4 is 0 Å². The maximum Gasteiger partial charge on any atom is 0.187 e. The Morgan fingerprint density at radius 3 is 1.00 bits per heavy atom. The third-order valence-electron chi connectivity index (χ3n) is 0. The third-order valence-corrected chi connectivity index (χ3v) is 0. The molecular formula is H3AlMoVZr. The van der Waals surface area contributed by atoms with E-state index in [1.165, 1.54) is 0 Å². The molecule has 0 N–H and O–H groups in total. The van der Waals surface area contributed by atoms with Crippen LogP contribution in [-0.4, -0.2) is 17.4 Å². The third kappa shape index (κ3) is 8.82. The van der Waals surface area contributed by atoms with E-state index in [9.17, 15) is 0 Å². The molecule has 0 saturated heterocycles. The van der Waals surface area contributed by atoms with Crippen LogP contribution in [0.2, 0.25) is 0 Å². The van der Waals surface area contributed by atoms with Crippen molar-refractivity contribution in [3.63, 3.8) is 0 Å². The maximum atomic E-state index is 0. The van der Waals surface area contributed by atoms with E-state index in [1.54, 1.807) is 0 Å². The summed E-state index contributed by atoms with van der Waals surface area (Å²) in [4.78, 5) is 0. The van der Waals surface area contributed by atoms with E-state index in [-0.39, 0.29) is 83.2 Å². The second-order valence-electron chi connectivity index (χ2n) is 0. The molecule has 0 bridgehead atoms. The van der Waals surface area contributed by atoms with Crippen molar-refractivity contribution in [3.05, 3.63) is 0 Å². The minimum absolute atomic E-state index is 0. The van der Waals surface area contributed by atoms with Gasteiger partial charge < -0.3 is 0 Å². The van der Waals surface area contributed by atoms with E-state index in [0.717, 1.165) is 0 Å². The van der Waals surface area contributed by atoms with Gasteiger partial charge in [-0.05, 0) is 0 Å². The Balaban J connectivity index is 0.